The number of carboxylic acids is 1. The molecule has 0 saturated carbocycles. The lowest BCUT2D eigenvalue weighted by Gasteiger charge is -2.25. The van der Waals surface area contributed by atoms with Crippen molar-refractivity contribution in [2.45, 2.75) is 322 Å². The molecule has 0 aliphatic carbocycles. The molecule has 9 heteroatoms. The molecule has 0 saturated heterocycles. The molecule has 0 aliphatic heterocycles. The summed E-state index contributed by atoms with van der Waals surface area (Å²) in [4.78, 5) is 37.7. The second kappa shape index (κ2) is 76.4. The first-order valence-electron chi connectivity index (χ1n) is 39.3. The van der Waals surface area contributed by atoms with Gasteiger partial charge in [-0.3, -0.25) is 9.59 Å². The second-order valence-electron chi connectivity index (χ2n) is 26.9. The summed E-state index contributed by atoms with van der Waals surface area (Å²) in [5.41, 5.74) is 0. The predicted molar refractivity (Wildman–Crippen MR) is 419 cm³/mol. The van der Waals surface area contributed by atoms with E-state index < -0.39 is 24.3 Å². The molecule has 9 nitrogen and oxygen atoms in total. The molecule has 2 atom stereocenters. The lowest BCUT2D eigenvalue weighted by Crippen LogP contribution is -2.40. The minimum Gasteiger partial charge on any atom is -0.477 e. The fourth-order valence-electron chi connectivity index (χ4n) is 10.5. The van der Waals surface area contributed by atoms with E-state index in [1.165, 1.54) is 148 Å². The summed E-state index contributed by atoms with van der Waals surface area (Å²) in [6.07, 6.45) is 112. The quantitative estimate of drug-likeness (QED) is 0.0211. The van der Waals surface area contributed by atoms with E-state index in [0.29, 0.717) is 23.9 Å². The maximum absolute atomic E-state index is 13.0. The average molecular weight is 1350 g/mol. The normalized spacial score (nSPS) is 13.6. The van der Waals surface area contributed by atoms with Gasteiger partial charge in [0.1, 0.15) is 13.2 Å². The minimum absolute atomic E-state index is 0.178. The average Bonchev–Trinajstić information content (AvgIpc) is 3.27. The highest BCUT2D eigenvalue weighted by molar-refractivity contribution is 5.71. The number of carboxylic acid groups (broad SMARTS) is 1. The third-order valence-electron chi connectivity index (χ3n) is 16.5. The molecule has 550 valence electrons. The topological polar surface area (TPSA) is 108 Å². The summed E-state index contributed by atoms with van der Waals surface area (Å²) in [6, 6.07) is 0. The highest BCUT2D eigenvalue weighted by Gasteiger charge is 2.25. The van der Waals surface area contributed by atoms with Crippen molar-refractivity contribution in [3.8, 4) is 0 Å². The lowest BCUT2D eigenvalue weighted by molar-refractivity contribution is -0.870. The van der Waals surface area contributed by atoms with Gasteiger partial charge < -0.3 is 28.5 Å². The molecular formula is C88H146NO8+. The van der Waals surface area contributed by atoms with E-state index in [1.54, 1.807) is 0 Å². The van der Waals surface area contributed by atoms with Crippen LogP contribution in [-0.2, 0) is 33.3 Å². The van der Waals surface area contributed by atoms with Gasteiger partial charge in [-0.2, -0.15) is 0 Å². The fourth-order valence-corrected chi connectivity index (χ4v) is 10.5. The molecule has 2 unspecified atom stereocenters. The molecule has 1 N–H and O–H groups in total. The van der Waals surface area contributed by atoms with Crippen molar-refractivity contribution in [2.24, 2.45) is 0 Å². The molecule has 0 rings (SSSR count). The van der Waals surface area contributed by atoms with Gasteiger partial charge in [0.2, 0.25) is 0 Å². The maximum Gasteiger partial charge on any atom is 0.361 e. The van der Waals surface area contributed by atoms with E-state index >= 15 is 0 Å². The van der Waals surface area contributed by atoms with Crippen LogP contribution in [0.4, 0.5) is 0 Å². The van der Waals surface area contributed by atoms with Gasteiger partial charge in [0.05, 0.1) is 34.4 Å². The molecule has 0 aliphatic rings. The molecular weight excluding hydrogens is 1200 g/mol. The zero-order chi connectivity index (χ0) is 70.4. The van der Waals surface area contributed by atoms with Crippen molar-refractivity contribution in [1.82, 2.24) is 0 Å². The van der Waals surface area contributed by atoms with Crippen LogP contribution in [0.3, 0.4) is 0 Å². The van der Waals surface area contributed by atoms with Crippen LogP contribution in [0.25, 0.3) is 0 Å². The van der Waals surface area contributed by atoms with Gasteiger partial charge in [-0.1, -0.05) is 332 Å². The molecule has 0 fully saturated rings. The van der Waals surface area contributed by atoms with Crippen LogP contribution in [0.5, 0.6) is 0 Å². The number of likely N-dealkylation sites (N-methyl/N-ethyl adjacent to an activating group) is 1. The highest BCUT2D eigenvalue weighted by atomic mass is 16.7. The molecule has 0 aromatic heterocycles. The Morgan fingerprint density at radius 3 is 0.876 bits per heavy atom. The molecule has 0 amide bonds. The SMILES string of the molecule is CC/C=C\C/C=C\C/C=C\C/C=C\C/C=C\C/C=C\C/C=C\C/C=C\C/C=C\C/C=C\C/C=C\CCCCCCCCCC(=O)OC(COC(=O)CCCCCCCCCCCCCCCCCC/C=C\C/C=C\C/C=C\CCCCCCC)COC(OCC[N+](C)(C)C)C(=O)O. The van der Waals surface area contributed by atoms with Gasteiger partial charge >= 0.3 is 17.9 Å². The number of carbonyl (C=O) groups excluding carboxylic acids is 2. The van der Waals surface area contributed by atoms with Crippen LogP contribution in [0.15, 0.2) is 170 Å². The van der Waals surface area contributed by atoms with E-state index in [2.05, 4.69) is 184 Å². The molecule has 0 spiro atoms. The molecule has 0 radical (unpaired) electrons. The number of hydrogen-bond donors (Lipinski definition) is 1. The van der Waals surface area contributed by atoms with Gasteiger partial charge in [-0.25, -0.2) is 4.79 Å². The summed E-state index contributed by atoms with van der Waals surface area (Å²) >= 11 is 0. The highest BCUT2D eigenvalue weighted by Crippen LogP contribution is 2.17. The van der Waals surface area contributed by atoms with Crippen LogP contribution < -0.4 is 0 Å². The third-order valence-corrected chi connectivity index (χ3v) is 16.5. The van der Waals surface area contributed by atoms with Crippen molar-refractivity contribution in [3.63, 3.8) is 0 Å². The van der Waals surface area contributed by atoms with Crippen LogP contribution in [0.2, 0.25) is 0 Å². The van der Waals surface area contributed by atoms with Crippen LogP contribution in [0.1, 0.15) is 309 Å². The first kappa shape index (κ1) is 91.6. The summed E-state index contributed by atoms with van der Waals surface area (Å²) in [5, 5.41) is 9.77. The number of aliphatic carboxylic acids is 1. The number of carbonyl (C=O) groups is 3. The summed E-state index contributed by atoms with van der Waals surface area (Å²) < 4.78 is 23.0. The van der Waals surface area contributed by atoms with Crippen molar-refractivity contribution < 1.29 is 42.9 Å². The third kappa shape index (κ3) is 77.9. The number of unbranched alkanes of at least 4 members (excludes halogenated alkanes) is 28. The van der Waals surface area contributed by atoms with Crippen LogP contribution >= 0.6 is 0 Å². The zero-order valence-corrected chi connectivity index (χ0v) is 62.9. The standard InChI is InChI=1S/C88H145NO8/c1-6-8-10-12-14-16-18-20-22-24-26-28-30-32-34-36-38-39-40-41-42-43-44-45-46-47-49-51-53-55-57-59-61-63-65-67-69-71-73-75-77-79-86(91)97-84(83-96-88(87(92)93)94-81-80-89(3,4)5)82-95-85(90)78-76-74-72-70-68-66-64-62-60-58-56-54-52-50-48-37-35-33-31-29-27-25-23-21-19-17-15-13-11-9-7-2/h8,10,14,16,19-22,25-28,31-34,38-39,41-42,44-45,47,49,53,55,59,61,84,88H,6-7,9,11-13,15,17-18,23-24,29-30,35-37,40,43,46,48,50-52,54,56-58,60,62-83H2,1-5H3/p+1/b10-8-,16-14-,21-19-,22-20-,27-25-,28-26-,33-31-,34-32-,39-38-,42-41-,45-44-,49-47-,55-53-,61-59-. The fraction of sp³-hybridized carbons (Fsp3) is 0.648. The number of hydrogen-bond acceptors (Lipinski definition) is 7. The van der Waals surface area contributed by atoms with Crippen molar-refractivity contribution in [2.75, 3.05) is 47.5 Å². The molecule has 0 aromatic carbocycles. The van der Waals surface area contributed by atoms with Crippen LogP contribution in [0, 0.1) is 0 Å². The zero-order valence-electron chi connectivity index (χ0n) is 62.9. The van der Waals surface area contributed by atoms with Crippen LogP contribution in [-0.4, -0.2) is 87.4 Å². The second-order valence-corrected chi connectivity index (χ2v) is 26.9. The first-order valence-corrected chi connectivity index (χ1v) is 39.3. The molecule has 97 heavy (non-hydrogen) atoms. The van der Waals surface area contributed by atoms with Crippen molar-refractivity contribution >= 4 is 17.9 Å². The Bertz CT molecular complexity index is 2210. The minimum atomic E-state index is -1.52. The van der Waals surface area contributed by atoms with Crippen molar-refractivity contribution in [3.05, 3.63) is 170 Å². The lowest BCUT2D eigenvalue weighted by atomic mass is 10.0. The number of quaternary nitrogens is 1. The smallest absolute Gasteiger partial charge is 0.361 e. The molecule has 0 aromatic rings. The number of allylic oxidation sites excluding steroid dienone is 28. The number of nitrogens with zero attached hydrogens (tertiary/aromatic N) is 1. The number of rotatable bonds is 71. The molecule has 0 heterocycles. The molecule has 0 bridgehead atoms. The van der Waals surface area contributed by atoms with E-state index in [1.807, 2.05) is 21.1 Å². The Morgan fingerprint density at radius 2 is 0.588 bits per heavy atom. The summed E-state index contributed by atoms with van der Waals surface area (Å²) in [7, 11) is 5.97. The maximum atomic E-state index is 13.0. The van der Waals surface area contributed by atoms with E-state index in [0.717, 1.165) is 128 Å². The number of esters is 2. The summed E-state index contributed by atoms with van der Waals surface area (Å²) in [6.45, 7) is 4.74. The Hall–Kier alpha value is -5.35. The van der Waals surface area contributed by atoms with Gasteiger partial charge in [-0.05, 0) is 135 Å². The van der Waals surface area contributed by atoms with E-state index in [4.69, 9.17) is 18.9 Å². The predicted octanol–water partition coefficient (Wildman–Crippen LogP) is 25.4. The van der Waals surface area contributed by atoms with Gasteiger partial charge in [0, 0.05) is 12.8 Å². The summed E-state index contributed by atoms with van der Waals surface area (Å²) in [5.74, 6) is -2.03. The Morgan fingerprint density at radius 1 is 0.320 bits per heavy atom. The Labute approximate surface area is 597 Å². The Kier molecular flexibility index (Phi) is 72.2. The van der Waals surface area contributed by atoms with E-state index in [-0.39, 0.29) is 32.2 Å². The van der Waals surface area contributed by atoms with Gasteiger partial charge in [-0.15, -0.1) is 0 Å². The largest absolute Gasteiger partial charge is 0.477 e. The van der Waals surface area contributed by atoms with E-state index in [9.17, 15) is 19.5 Å². The number of ether oxygens (including phenoxy) is 4. The van der Waals surface area contributed by atoms with Crippen molar-refractivity contribution in [1.29, 1.82) is 0 Å². The van der Waals surface area contributed by atoms with Gasteiger partial charge in [0.15, 0.2) is 6.10 Å². The Balaban J connectivity index is 4.15. The van der Waals surface area contributed by atoms with Gasteiger partial charge in [0.25, 0.3) is 6.29 Å². The first-order chi connectivity index (χ1) is 47.6. The monoisotopic (exact) mass is 1350 g/mol.